The van der Waals surface area contributed by atoms with Crippen molar-refractivity contribution in [3.8, 4) is 79.8 Å². The number of benzene rings is 7. The minimum Gasteiger partial charge on any atom is -0.308 e. The third-order valence-corrected chi connectivity index (χ3v) is 10.1. The van der Waals surface area contributed by atoms with Crippen molar-refractivity contribution in [2.45, 2.75) is 0 Å². The summed E-state index contributed by atoms with van der Waals surface area (Å²) in [6.45, 7) is 0. The van der Waals surface area contributed by atoms with E-state index in [2.05, 4.69) is 71.3 Å². The van der Waals surface area contributed by atoms with E-state index >= 15 is 0 Å². The summed E-state index contributed by atoms with van der Waals surface area (Å²) in [5.41, 5.74) is 10.3. The Balaban J connectivity index is 1.19. The fourth-order valence-corrected chi connectivity index (χ4v) is 7.37. The van der Waals surface area contributed by atoms with Crippen molar-refractivity contribution < 1.29 is 0 Å². The van der Waals surface area contributed by atoms with Crippen LogP contribution in [0.2, 0.25) is 0 Å². The first-order valence-electron chi connectivity index (χ1n) is 18.7. The molecule has 0 aliphatic heterocycles. The summed E-state index contributed by atoms with van der Waals surface area (Å²) in [6.07, 6.45) is 0. The van der Waals surface area contributed by atoms with Gasteiger partial charge < -0.3 is 4.57 Å². The molecule has 0 bridgehead atoms. The van der Waals surface area contributed by atoms with E-state index in [1.165, 1.54) is 0 Å². The van der Waals surface area contributed by atoms with Crippen molar-refractivity contribution in [1.82, 2.24) is 29.5 Å². The van der Waals surface area contributed by atoms with Crippen LogP contribution in [-0.4, -0.2) is 29.5 Å². The van der Waals surface area contributed by atoms with E-state index in [1.807, 2.05) is 127 Å². The molecule has 0 aliphatic rings. The van der Waals surface area contributed by atoms with Crippen LogP contribution in [0.4, 0.5) is 0 Å². The van der Waals surface area contributed by atoms with Crippen LogP contribution in [0.1, 0.15) is 5.56 Å². The number of para-hydroxylation sites is 1. The second-order valence-corrected chi connectivity index (χ2v) is 13.7. The Hall–Kier alpha value is -8.08. The lowest BCUT2D eigenvalue weighted by Gasteiger charge is -2.15. The van der Waals surface area contributed by atoms with Crippen LogP contribution >= 0.6 is 0 Å². The molecule has 3 aromatic heterocycles. The molecule has 0 saturated heterocycles. The number of rotatable bonds is 7. The summed E-state index contributed by atoms with van der Waals surface area (Å²) in [6, 6.07) is 65.1. The normalized spacial score (nSPS) is 11.1. The van der Waals surface area contributed by atoms with E-state index in [-0.39, 0.29) is 0 Å². The average molecular weight is 730 g/mol. The van der Waals surface area contributed by atoms with Crippen LogP contribution in [0.25, 0.3) is 95.6 Å². The highest BCUT2D eigenvalue weighted by atomic mass is 15.0. The van der Waals surface area contributed by atoms with Gasteiger partial charge in [-0.05, 0) is 48.5 Å². The van der Waals surface area contributed by atoms with E-state index in [1.54, 1.807) is 0 Å². The monoisotopic (exact) mass is 729 g/mol. The van der Waals surface area contributed by atoms with E-state index < -0.39 is 0 Å². The first kappa shape index (κ1) is 33.5. The SMILES string of the molecule is N#Cc1ccc(-n2c3ccccc3c3cc(-c4nc(-c5ccccc5)nc(-c5ccccc5)n4)ccc32)c(-c2nc(-c3ccccc3)cc(-c3ccccc3)n2)c1. The van der Waals surface area contributed by atoms with Gasteiger partial charge in [0.25, 0.3) is 0 Å². The zero-order valence-corrected chi connectivity index (χ0v) is 30.5. The summed E-state index contributed by atoms with van der Waals surface area (Å²) in [7, 11) is 0. The summed E-state index contributed by atoms with van der Waals surface area (Å²) in [4.78, 5) is 25.3. The second kappa shape index (κ2) is 14.3. The zero-order chi connectivity index (χ0) is 38.1. The molecular formula is C50H31N7. The van der Waals surface area contributed by atoms with Crippen molar-refractivity contribution >= 4 is 21.8 Å². The minimum atomic E-state index is 0.519. The summed E-state index contributed by atoms with van der Waals surface area (Å²) in [5.74, 6) is 2.32. The third-order valence-electron chi connectivity index (χ3n) is 10.1. The number of aromatic nitrogens is 6. The highest BCUT2D eigenvalue weighted by molar-refractivity contribution is 6.10. The second-order valence-electron chi connectivity index (χ2n) is 13.7. The van der Waals surface area contributed by atoms with Gasteiger partial charge in [0, 0.05) is 44.2 Å². The summed E-state index contributed by atoms with van der Waals surface area (Å²) >= 11 is 0. The molecule has 0 aliphatic carbocycles. The molecular weight excluding hydrogens is 699 g/mol. The molecule has 0 N–H and O–H groups in total. The highest BCUT2D eigenvalue weighted by Gasteiger charge is 2.21. The van der Waals surface area contributed by atoms with Gasteiger partial charge in [-0.3, -0.25) is 0 Å². The molecule has 3 heterocycles. The van der Waals surface area contributed by atoms with Crippen LogP contribution < -0.4 is 0 Å². The number of hydrogen-bond acceptors (Lipinski definition) is 6. The Labute approximate surface area is 328 Å². The van der Waals surface area contributed by atoms with Gasteiger partial charge in [0.05, 0.1) is 39.7 Å². The van der Waals surface area contributed by atoms with Crippen molar-refractivity contribution in [3.63, 3.8) is 0 Å². The molecule has 0 fully saturated rings. The first-order valence-corrected chi connectivity index (χ1v) is 18.7. The van der Waals surface area contributed by atoms with Gasteiger partial charge in [-0.25, -0.2) is 24.9 Å². The lowest BCUT2D eigenvalue weighted by atomic mass is 10.0. The van der Waals surface area contributed by atoms with Crippen LogP contribution in [0.15, 0.2) is 188 Å². The first-order chi connectivity index (χ1) is 28.2. The molecule has 57 heavy (non-hydrogen) atoms. The molecule has 266 valence electrons. The quantitative estimate of drug-likeness (QED) is 0.162. The van der Waals surface area contributed by atoms with E-state index in [9.17, 15) is 5.26 Å². The number of fused-ring (bicyclic) bond motifs is 3. The Kier molecular flexibility index (Phi) is 8.40. The lowest BCUT2D eigenvalue weighted by molar-refractivity contribution is 1.07. The maximum Gasteiger partial charge on any atom is 0.164 e. The molecule has 0 amide bonds. The van der Waals surface area contributed by atoms with Gasteiger partial charge in [0.1, 0.15) is 0 Å². The van der Waals surface area contributed by atoms with Gasteiger partial charge in [0.2, 0.25) is 0 Å². The molecule has 7 aromatic carbocycles. The van der Waals surface area contributed by atoms with Crippen molar-refractivity contribution in [2.24, 2.45) is 0 Å². The lowest BCUT2D eigenvalue weighted by Crippen LogP contribution is -2.02. The van der Waals surface area contributed by atoms with Crippen molar-refractivity contribution in [2.75, 3.05) is 0 Å². The molecule has 0 spiro atoms. The van der Waals surface area contributed by atoms with Crippen molar-refractivity contribution in [3.05, 3.63) is 194 Å². The molecule has 10 aromatic rings. The molecule has 7 nitrogen and oxygen atoms in total. The largest absolute Gasteiger partial charge is 0.308 e. The van der Waals surface area contributed by atoms with Crippen LogP contribution in [-0.2, 0) is 0 Å². The number of nitrogens with zero attached hydrogens (tertiary/aromatic N) is 7. The van der Waals surface area contributed by atoms with Gasteiger partial charge in [0.15, 0.2) is 23.3 Å². The fourth-order valence-electron chi connectivity index (χ4n) is 7.37. The fraction of sp³-hybridized carbons (Fsp3) is 0. The highest BCUT2D eigenvalue weighted by Crippen LogP contribution is 2.39. The predicted octanol–water partition coefficient (Wildman–Crippen LogP) is 11.6. The molecule has 10 rings (SSSR count). The molecule has 0 radical (unpaired) electrons. The Morgan fingerprint density at radius 2 is 0.860 bits per heavy atom. The van der Waals surface area contributed by atoms with Gasteiger partial charge in [-0.1, -0.05) is 140 Å². The van der Waals surface area contributed by atoms with Crippen LogP contribution in [0.3, 0.4) is 0 Å². The maximum absolute atomic E-state index is 10.1. The molecule has 0 unspecified atom stereocenters. The van der Waals surface area contributed by atoms with E-state index in [4.69, 9.17) is 24.9 Å². The minimum absolute atomic E-state index is 0.519. The molecule has 0 atom stereocenters. The van der Waals surface area contributed by atoms with Gasteiger partial charge in [-0.15, -0.1) is 0 Å². The standard InChI is InChI=1S/C50H31N7/c51-32-33-25-27-46(41(29-33)50-52-42(34-15-5-1-6-16-34)31-43(53-50)35-17-7-2-8-18-35)57-44-24-14-13-23-39(44)40-30-38(26-28-45(40)57)49-55-47(36-19-9-3-10-20-36)54-48(56-49)37-21-11-4-12-22-37/h1-31H. The van der Waals surface area contributed by atoms with Gasteiger partial charge in [-0.2, -0.15) is 5.26 Å². The van der Waals surface area contributed by atoms with Crippen LogP contribution in [0.5, 0.6) is 0 Å². The maximum atomic E-state index is 10.1. The van der Waals surface area contributed by atoms with E-state index in [0.717, 1.165) is 72.3 Å². The van der Waals surface area contributed by atoms with E-state index in [0.29, 0.717) is 28.9 Å². The number of hydrogen-bond donors (Lipinski definition) is 0. The summed E-state index contributed by atoms with van der Waals surface area (Å²) in [5, 5.41) is 12.2. The number of nitriles is 1. The predicted molar refractivity (Wildman–Crippen MR) is 227 cm³/mol. The van der Waals surface area contributed by atoms with Crippen molar-refractivity contribution in [1.29, 1.82) is 5.26 Å². The molecule has 7 heteroatoms. The third kappa shape index (κ3) is 6.27. The topological polar surface area (TPSA) is 93.2 Å². The van der Waals surface area contributed by atoms with Crippen LogP contribution in [0, 0.1) is 11.3 Å². The Morgan fingerprint density at radius 3 is 1.42 bits per heavy atom. The Morgan fingerprint density at radius 1 is 0.368 bits per heavy atom. The summed E-state index contributed by atoms with van der Waals surface area (Å²) < 4.78 is 2.24. The Bertz CT molecular complexity index is 3000. The molecule has 0 saturated carbocycles. The zero-order valence-electron chi connectivity index (χ0n) is 30.5. The average Bonchev–Trinajstić information content (AvgIpc) is 3.63. The van der Waals surface area contributed by atoms with Gasteiger partial charge >= 0.3 is 0 Å². The smallest absolute Gasteiger partial charge is 0.164 e.